The molecule has 1 heterocycles. The van der Waals surface area contributed by atoms with Crippen molar-refractivity contribution >= 4 is 21.3 Å². The first kappa shape index (κ1) is 36.9. The van der Waals surface area contributed by atoms with Gasteiger partial charge in [-0.15, -0.1) is 0 Å². The minimum absolute atomic E-state index is 0.0576. The van der Waals surface area contributed by atoms with E-state index in [1.165, 1.54) is 0 Å². The fourth-order valence-electron chi connectivity index (χ4n) is 5.15. The third kappa shape index (κ3) is 11.3. The van der Waals surface area contributed by atoms with Crippen LogP contribution in [0.1, 0.15) is 16.7 Å². The summed E-state index contributed by atoms with van der Waals surface area (Å²) < 4.78 is 71.5. The molecule has 3 N–H and O–H groups in total. The Hall–Kier alpha value is -2.92. The highest BCUT2D eigenvalue weighted by molar-refractivity contribution is 7.97. The van der Waals surface area contributed by atoms with E-state index in [9.17, 15) is 23.2 Å². The summed E-state index contributed by atoms with van der Waals surface area (Å²) in [6.45, 7) is 0.318. The molecule has 0 spiro atoms. The molecular formula is C33H43O12S2+. The summed E-state index contributed by atoms with van der Waals surface area (Å²) in [5, 5.41) is 20.5. The Balaban J connectivity index is 1.56. The van der Waals surface area contributed by atoms with Gasteiger partial charge in [-0.2, -0.15) is 8.42 Å². The monoisotopic (exact) mass is 695 g/mol. The second-order valence-electron chi connectivity index (χ2n) is 10.9. The summed E-state index contributed by atoms with van der Waals surface area (Å²) in [5.41, 5.74) is 2.79. The molecule has 6 atom stereocenters. The molecule has 1 fully saturated rings. The predicted octanol–water partition coefficient (Wildman–Crippen LogP) is 2.94. The number of hydrogen-bond donors (Lipinski definition) is 3. The van der Waals surface area contributed by atoms with Crippen LogP contribution in [0.5, 0.6) is 17.2 Å². The summed E-state index contributed by atoms with van der Waals surface area (Å²) in [4.78, 5) is 0. The largest absolute Gasteiger partial charge is 0.497 e. The number of hydrogen-bond acceptors (Lipinski definition) is 11. The molecule has 3 aromatic rings. The summed E-state index contributed by atoms with van der Waals surface area (Å²) >= 11 is 0. The highest BCUT2D eigenvalue weighted by Crippen LogP contribution is 2.32. The number of aliphatic hydroxyl groups excluding tert-OH is 2. The fraction of sp³-hybridized carbons (Fsp3) is 0.455. The molecule has 1 aliphatic heterocycles. The van der Waals surface area contributed by atoms with Gasteiger partial charge in [0.05, 0.1) is 54.4 Å². The Bertz CT molecular complexity index is 1450. The van der Waals surface area contributed by atoms with Crippen molar-refractivity contribution in [2.75, 3.05) is 46.0 Å². The van der Waals surface area contributed by atoms with Crippen LogP contribution in [0, 0.1) is 0 Å². The molecule has 1 unspecified atom stereocenters. The summed E-state index contributed by atoms with van der Waals surface area (Å²) in [7, 11) is -0.752. The van der Waals surface area contributed by atoms with Gasteiger partial charge in [-0.05, 0) is 53.1 Å². The van der Waals surface area contributed by atoms with Crippen LogP contribution in [0.25, 0.3) is 0 Å². The van der Waals surface area contributed by atoms with E-state index in [0.717, 1.165) is 33.9 Å². The molecule has 1 aliphatic rings. The van der Waals surface area contributed by atoms with Crippen LogP contribution in [0.4, 0.5) is 0 Å². The van der Waals surface area contributed by atoms with Crippen LogP contribution in [-0.4, -0.2) is 98.9 Å². The summed E-state index contributed by atoms with van der Waals surface area (Å²) in [6, 6.07) is 22.6. The standard InChI is InChI=1S/C33H42O12S2/c1-39-26-10-4-23(5-11-26)17-42-20-32-33(44-19-25-8-14-28(41-3)15-9-25)31(43-18-24-6-12-27(40-2)13-7-24)22-46(32)21-29(35)30(16-34)45-47(36,37)38/h4-15,29-35H,16-22H2,1-3H3/p+1/t29-,30+,31-,32-,33+,46?/m1/s1. The van der Waals surface area contributed by atoms with E-state index in [-0.39, 0.29) is 24.2 Å². The van der Waals surface area contributed by atoms with E-state index in [2.05, 4.69) is 4.18 Å². The maximum absolute atomic E-state index is 11.4. The number of ether oxygens (including phenoxy) is 6. The van der Waals surface area contributed by atoms with Gasteiger partial charge in [0.25, 0.3) is 0 Å². The lowest BCUT2D eigenvalue weighted by molar-refractivity contribution is -0.0769. The number of aliphatic hydroxyl groups is 2. The molecule has 4 rings (SSSR count). The Morgan fingerprint density at radius 2 is 1.23 bits per heavy atom. The zero-order valence-corrected chi connectivity index (χ0v) is 28.2. The topological polar surface area (TPSA) is 159 Å². The van der Waals surface area contributed by atoms with E-state index in [1.54, 1.807) is 21.3 Å². The second-order valence-corrected chi connectivity index (χ2v) is 14.3. The molecule has 12 nitrogen and oxygen atoms in total. The lowest BCUT2D eigenvalue weighted by atomic mass is 10.1. The van der Waals surface area contributed by atoms with Gasteiger partial charge in [-0.3, -0.25) is 4.55 Å². The Kier molecular flexibility index (Phi) is 14.1. The second kappa shape index (κ2) is 18.0. The first-order valence-corrected chi connectivity index (χ1v) is 17.9. The lowest BCUT2D eigenvalue weighted by Gasteiger charge is -2.24. The van der Waals surface area contributed by atoms with E-state index in [4.69, 9.17) is 28.4 Å². The molecular weight excluding hydrogens is 652 g/mol. The zero-order valence-electron chi connectivity index (χ0n) is 26.6. The van der Waals surface area contributed by atoms with E-state index in [1.807, 2.05) is 72.8 Å². The smallest absolute Gasteiger partial charge is 0.397 e. The van der Waals surface area contributed by atoms with Gasteiger partial charge in [-0.25, -0.2) is 4.18 Å². The third-order valence-corrected chi connectivity index (χ3v) is 11.0. The van der Waals surface area contributed by atoms with Crippen molar-refractivity contribution in [3.63, 3.8) is 0 Å². The quantitative estimate of drug-likeness (QED) is 0.125. The number of benzene rings is 3. The number of rotatable bonds is 19. The van der Waals surface area contributed by atoms with Crippen molar-refractivity contribution in [2.45, 2.75) is 49.5 Å². The summed E-state index contributed by atoms with van der Waals surface area (Å²) in [5.74, 6) is 2.71. The molecule has 258 valence electrons. The van der Waals surface area contributed by atoms with Crippen LogP contribution in [0.2, 0.25) is 0 Å². The highest BCUT2D eigenvalue weighted by Gasteiger charge is 2.54. The molecule has 14 heteroatoms. The van der Waals surface area contributed by atoms with Crippen molar-refractivity contribution in [3.8, 4) is 17.2 Å². The van der Waals surface area contributed by atoms with Crippen molar-refractivity contribution < 1.29 is 55.8 Å². The minimum atomic E-state index is -4.91. The van der Waals surface area contributed by atoms with Crippen LogP contribution >= 0.6 is 0 Å². The third-order valence-electron chi connectivity index (χ3n) is 7.71. The van der Waals surface area contributed by atoms with Crippen molar-refractivity contribution in [1.82, 2.24) is 0 Å². The molecule has 0 saturated carbocycles. The molecule has 0 radical (unpaired) electrons. The van der Waals surface area contributed by atoms with Gasteiger partial charge in [0.15, 0.2) is 5.25 Å². The van der Waals surface area contributed by atoms with Crippen LogP contribution in [0.15, 0.2) is 72.8 Å². The molecule has 0 aromatic heterocycles. The molecule has 0 aliphatic carbocycles. The average molecular weight is 696 g/mol. The molecule has 1 saturated heterocycles. The maximum atomic E-state index is 11.4. The SMILES string of the molecule is COc1ccc(COC[C@@H]2[C@@H](OCc3ccc(OC)cc3)[C@H](OCc3ccc(OC)cc3)C[S+]2C[C@@H](O)[C@H](CO)OS(=O)(=O)O)cc1. The Labute approximate surface area is 278 Å². The summed E-state index contributed by atoms with van der Waals surface area (Å²) in [6.07, 6.45) is -3.82. The van der Waals surface area contributed by atoms with E-state index < -0.39 is 52.3 Å². The van der Waals surface area contributed by atoms with Crippen LogP contribution in [-0.2, 0) is 59.5 Å². The van der Waals surface area contributed by atoms with Gasteiger partial charge < -0.3 is 38.6 Å². The van der Waals surface area contributed by atoms with Gasteiger partial charge >= 0.3 is 10.4 Å². The van der Waals surface area contributed by atoms with Gasteiger partial charge in [0, 0.05) is 10.9 Å². The highest BCUT2D eigenvalue weighted by atomic mass is 32.3. The van der Waals surface area contributed by atoms with Crippen molar-refractivity contribution in [2.24, 2.45) is 0 Å². The van der Waals surface area contributed by atoms with Crippen LogP contribution < -0.4 is 14.2 Å². The lowest BCUT2D eigenvalue weighted by Crippen LogP contribution is -2.43. The predicted molar refractivity (Wildman–Crippen MR) is 176 cm³/mol. The molecule has 47 heavy (non-hydrogen) atoms. The Morgan fingerprint density at radius 1 is 0.766 bits per heavy atom. The minimum Gasteiger partial charge on any atom is -0.497 e. The van der Waals surface area contributed by atoms with Gasteiger partial charge in [0.2, 0.25) is 0 Å². The van der Waals surface area contributed by atoms with Crippen molar-refractivity contribution in [3.05, 3.63) is 89.5 Å². The molecule has 3 aromatic carbocycles. The average Bonchev–Trinajstić information content (AvgIpc) is 3.40. The maximum Gasteiger partial charge on any atom is 0.397 e. The fourth-order valence-corrected chi connectivity index (χ4v) is 8.57. The van der Waals surface area contributed by atoms with Gasteiger partial charge in [0.1, 0.15) is 53.2 Å². The first-order chi connectivity index (χ1) is 22.6. The number of methoxy groups -OCH3 is 3. The van der Waals surface area contributed by atoms with Crippen LogP contribution in [0.3, 0.4) is 0 Å². The van der Waals surface area contributed by atoms with E-state index >= 15 is 0 Å². The molecule has 0 bridgehead atoms. The molecule has 0 amide bonds. The van der Waals surface area contributed by atoms with E-state index in [0.29, 0.717) is 19.0 Å². The first-order valence-electron chi connectivity index (χ1n) is 14.9. The zero-order chi connectivity index (χ0) is 33.8. The van der Waals surface area contributed by atoms with Gasteiger partial charge in [-0.1, -0.05) is 36.4 Å². The van der Waals surface area contributed by atoms with Crippen molar-refractivity contribution in [1.29, 1.82) is 0 Å². The Morgan fingerprint density at radius 3 is 1.68 bits per heavy atom. The normalized spacial score (nSPS) is 20.9.